The van der Waals surface area contributed by atoms with Gasteiger partial charge in [0, 0.05) is 5.92 Å². The van der Waals surface area contributed by atoms with Crippen LogP contribution in [0.25, 0.3) is 0 Å². The predicted octanol–water partition coefficient (Wildman–Crippen LogP) is -2.80. The zero-order valence-electron chi connectivity index (χ0n) is 12.8. The van der Waals surface area contributed by atoms with Crippen LogP contribution in [0.5, 0.6) is 0 Å². The lowest BCUT2D eigenvalue weighted by Crippen LogP contribution is -2.60. The zero-order chi connectivity index (χ0) is 17.4. The summed E-state index contributed by atoms with van der Waals surface area (Å²) in [6.45, 7) is -0.854. The van der Waals surface area contributed by atoms with E-state index in [1.165, 1.54) is 12.3 Å². The third kappa shape index (κ3) is 2.98. The summed E-state index contributed by atoms with van der Waals surface area (Å²) in [4.78, 5) is 0. The first kappa shape index (κ1) is 17.8. The van der Waals surface area contributed by atoms with E-state index in [0.717, 1.165) is 0 Å². The van der Waals surface area contributed by atoms with E-state index in [0.29, 0.717) is 5.57 Å². The Hall–Kier alpha value is -1.04. The van der Waals surface area contributed by atoms with Crippen molar-refractivity contribution in [3.8, 4) is 0 Å². The minimum absolute atomic E-state index is 0.288. The second kappa shape index (κ2) is 7.06. The summed E-state index contributed by atoms with van der Waals surface area (Å²) < 4.78 is 16.3. The number of ether oxygens (including phenoxy) is 3. The van der Waals surface area contributed by atoms with Gasteiger partial charge in [0.1, 0.15) is 24.4 Å². The van der Waals surface area contributed by atoms with Crippen molar-refractivity contribution in [3.05, 3.63) is 24.0 Å². The molecule has 3 aliphatic rings. The van der Waals surface area contributed by atoms with Gasteiger partial charge in [-0.15, -0.1) is 0 Å². The van der Waals surface area contributed by atoms with Gasteiger partial charge in [0.2, 0.25) is 6.29 Å². The highest BCUT2D eigenvalue weighted by Gasteiger charge is 2.49. The zero-order valence-corrected chi connectivity index (χ0v) is 12.8. The molecule has 0 radical (unpaired) electrons. The summed E-state index contributed by atoms with van der Waals surface area (Å²) in [5.74, 6) is -0.835. The molecule has 3 rings (SSSR count). The smallest absolute Gasteiger partial charge is 0.209 e. The lowest BCUT2D eigenvalue weighted by Gasteiger charge is -2.42. The van der Waals surface area contributed by atoms with Gasteiger partial charge in [-0.1, -0.05) is 6.08 Å². The van der Waals surface area contributed by atoms with E-state index in [1.807, 2.05) is 0 Å². The molecular formula is C15H22O9. The molecule has 9 atom stereocenters. The quantitative estimate of drug-likeness (QED) is 0.297. The summed E-state index contributed by atoms with van der Waals surface area (Å²) in [6, 6.07) is 0. The van der Waals surface area contributed by atoms with Crippen molar-refractivity contribution in [2.24, 2.45) is 11.8 Å². The van der Waals surface area contributed by atoms with Crippen LogP contribution < -0.4 is 0 Å². The molecule has 2 aliphatic heterocycles. The van der Waals surface area contributed by atoms with Gasteiger partial charge in [-0.05, 0) is 11.6 Å². The fourth-order valence-corrected chi connectivity index (χ4v) is 3.38. The Morgan fingerprint density at radius 2 is 1.75 bits per heavy atom. The molecule has 1 fully saturated rings. The van der Waals surface area contributed by atoms with Gasteiger partial charge in [-0.2, -0.15) is 0 Å². The lowest BCUT2D eigenvalue weighted by molar-refractivity contribution is -0.339. The highest BCUT2D eigenvalue weighted by Crippen LogP contribution is 2.40. The number of fused-ring (bicyclic) bond motifs is 1. The van der Waals surface area contributed by atoms with E-state index in [-0.39, 0.29) is 12.5 Å². The summed E-state index contributed by atoms with van der Waals surface area (Å²) in [5, 5.41) is 58.3. The van der Waals surface area contributed by atoms with Crippen molar-refractivity contribution in [3.63, 3.8) is 0 Å². The molecule has 0 amide bonds. The van der Waals surface area contributed by atoms with Crippen LogP contribution in [-0.2, 0) is 14.2 Å². The van der Waals surface area contributed by atoms with Crippen LogP contribution in [0.4, 0.5) is 0 Å². The standard InChI is InChI=1S/C15H22O9/c16-4-6-3-8(18)7-1-2-22-14(10(6)7)24-15-13(21)12(20)11(19)9(5-17)23-15/h1-3,7-21H,4-5H2/t7-,8+,9+,10+,11-,12-,13-,14-,15-/m1/s1. The van der Waals surface area contributed by atoms with E-state index < -0.39 is 55.6 Å². The summed E-state index contributed by atoms with van der Waals surface area (Å²) >= 11 is 0. The number of hydrogen-bond acceptors (Lipinski definition) is 9. The topological polar surface area (TPSA) is 149 Å². The minimum atomic E-state index is -1.56. The Balaban J connectivity index is 1.75. The molecule has 1 saturated heterocycles. The fraction of sp³-hybridized carbons (Fsp3) is 0.733. The maximum absolute atomic E-state index is 10.0. The van der Waals surface area contributed by atoms with Crippen LogP contribution in [0.2, 0.25) is 0 Å². The van der Waals surface area contributed by atoms with Crippen LogP contribution in [-0.4, -0.2) is 87.0 Å². The van der Waals surface area contributed by atoms with Crippen LogP contribution in [0.1, 0.15) is 0 Å². The Bertz CT molecular complexity index is 505. The molecule has 9 nitrogen and oxygen atoms in total. The molecule has 0 aromatic heterocycles. The lowest BCUT2D eigenvalue weighted by atomic mass is 9.88. The molecule has 0 unspecified atom stereocenters. The van der Waals surface area contributed by atoms with E-state index >= 15 is 0 Å². The van der Waals surface area contributed by atoms with E-state index in [9.17, 15) is 30.6 Å². The van der Waals surface area contributed by atoms with E-state index in [4.69, 9.17) is 14.2 Å². The molecule has 0 bridgehead atoms. The highest BCUT2D eigenvalue weighted by molar-refractivity contribution is 5.25. The van der Waals surface area contributed by atoms with Gasteiger partial charge in [-0.25, -0.2) is 0 Å². The Kier molecular flexibility index (Phi) is 5.23. The maximum Gasteiger partial charge on any atom is 0.209 e. The number of hydrogen-bond donors (Lipinski definition) is 6. The number of rotatable bonds is 4. The second-order valence-electron chi connectivity index (χ2n) is 6.16. The molecule has 6 N–H and O–H groups in total. The first-order chi connectivity index (χ1) is 11.5. The van der Waals surface area contributed by atoms with Crippen molar-refractivity contribution in [1.29, 1.82) is 0 Å². The molecular weight excluding hydrogens is 324 g/mol. The number of aliphatic hydroxyl groups excluding tert-OH is 6. The van der Waals surface area contributed by atoms with Gasteiger partial charge in [0.15, 0.2) is 6.29 Å². The van der Waals surface area contributed by atoms with Crippen molar-refractivity contribution in [2.45, 2.75) is 43.1 Å². The molecule has 9 heteroatoms. The normalized spacial score (nSPS) is 47.9. The first-order valence-electron chi connectivity index (χ1n) is 7.75. The van der Waals surface area contributed by atoms with Crippen LogP contribution in [0, 0.1) is 11.8 Å². The van der Waals surface area contributed by atoms with Gasteiger partial charge in [0.25, 0.3) is 0 Å². The van der Waals surface area contributed by atoms with Crippen molar-refractivity contribution in [1.82, 2.24) is 0 Å². The Morgan fingerprint density at radius 1 is 1.00 bits per heavy atom. The monoisotopic (exact) mass is 346 g/mol. The highest BCUT2D eigenvalue weighted by atomic mass is 16.8. The van der Waals surface area contributed by atoms with Crippen LogP contribution in [0.3, 0.4) is 0 Å². The molecule has 24 heavy (non-hydrogen) atoms. The van der Waals surface area contributed by atoms with E-state index in [2.05, 4.69) is 0 Å². The average molecular weight is 346 g/mol. The summed E-state index contributed by atoms with van der Waals surface area (Å²) in [6.07, 6.45) is -4.27. The minimum Gasteiger partial charge on any atom is -0.472 e. The number of aliphatic hydroxyl groups is 6. The average Bonchev–Trinajstić information content (AvgIpc) is 2.92. The molecule has 0 aromatic carbocycles. The van der Waals surface area contributed by atoms with Crippen molar-refractivity contribution in [2.75, 3.05) is 13.2 Å². The SMILES string of the molecule is OCC1=C[C@H](O)[C@H]2C=CO[C@H](O[C@H]3O[C@@H](CO)[C@@H](O)[C@@H](O)[C@H]3O)[C@@H]12. The van der Waals surface area contributed by atoms with Gasteiger partial charge in [0.05, 0.1) is 31.5 Å². The van der Waals surface area contributed by atoms with Crippen LogP contribution in [0.15, 0.2) is 24.0 Å². The molecule has 0 aromatic rings. The third-order valence-electron chi connectivity index (χ3n) is 4.73. The molecule has 1 aliphatic carbocycles. The Morgan fingerprint density at radius 3 is 2.42 bits per heavy atom. The largest absolute Gasteiger partial charge is 0.472 e. The van der Waals surface area contributed by atoms with Crippen LogP contribution >= 0.6 is 0 Å². The molecule has 0 spiro atoms. The second-order valence-corrected chi connectivity index (χ2v) is 6.16. The third-order valence-corrected chi connectivity index (χ3v) is 4.73. The maximum atomic E-state index is 10.0. The first-order valence-corrected chi connectivity index (χ1v) is 7.75. The van der Waals surface area contributed by atoms with Gasteiger partial charge >= 0.3 is 0 Å². The molecule has 136 valence electrons. The fourth-order valence-electron chi connectivity index (χ4n) is 3.38. The molecule has 0 saturated carbocycles. The Labute approximate surface area is 138 Å². The summed E-state index contributed by atoms with van der Waals surface area (Å²) in [7, 11) is 0. The summed E-state index contributed by atoms with van der Waals surface area (Å²) in [5.41, 5.74) is 0.534. The van der Waals surface area contributed by atoms with Gasteiger partial charge in [-0.3, -0.25) is 0 Å². The predicted molar refractivity (Wildman–Crippen MR) is 77.0 cm³/mol. The molecule has 2 heterocycles. The van der Waals surface area contributed by atoms with E-state index in [1.54, 1.807) is 6.08 Å². The van der Waals surface area contributed by atoms with Crippen molar-refractivity contribution >= 4 is 0 Å². The van der Waals surface area contributed by atoms with Crippen molar-refractivity contribution < 1.29 is 44.8 Å². The van der Waals surface area contributed by atoms with Gasteiger partial charge < -0.3 is 44.8 Å².